The summed E-state index contributed by atoms with van der Waals surface area (Å²) in [6, 6.07) is 15.9. The lowest BCUT2D eigenvalue weighted by Crippen LogP contribution is -2.34. The van der Waals surface area contributed by atoms with Gasteiger partial charge in [0.05, 0.1) is 5.56 Å². The summed E-state index contributed by atoms with van der Waals surface area (Å²) in [4.78, 5) is 39.6. The van der Waals surface area contributed by atoms with Crippen LogP contribution in [-0.2, 0) is 14.3 Å². The van der Waals surface area contributed by atoms with Crippen molar-refractivity contribution >= 4 is 29.2 Å². The second kappa shape index (κ2) is 8.49. The van der Waals surface area contributed by atoms with E-state index in [4.69, 9.17) is 4.74 Å². The van der Waals surface area contributed by atoms with Crippen LogP contribution in [0.25, 0.3) is 0 Å². The predicted molar refractivity (Wildman–Crippen MR) is 103 cm³/mol. The third kappa shape index (κ3) is 4.34. The molecule has 1 aliphatic rings. The minimum atomic E-state index is -0.563. The van der Waals surface area contributed by atoms with E-state index in [0.29, 0.717) is 25.1 Å². The Labute approximate surface area is 158 Å². The quantitative estimate of drug-likeness (QED) is 0.737. The highest BCUT2D eigenvalue weighted by Crippen LogP contribution is 2.22. The Kier molecular flexibility index (Phi) is 5.86. The van der Waals surface area contributed by atoms with Gasteiger partial charge in [-0.1, -0.05) is 18.2 Å². The molecule has 1 saturated heterocycles. The third-order valence-electron chi connectivity index (χ3n) is 4.50. The molecule has 0 aliphatic carbocycles. The Balaban J connectivity index is 1.58. The van der Waals surface area contributed by atoms with E-state index in [2.05, 4.69) is 0 Å². The van der Waals surface area contributed by atoms with Crippen LogP contribution < -0.4 is 9.80 Å². The second-order valence-corrected chi connectivity index (χ2v) is 6.25. The van der Waals surface area contributed by atoms with Crippen LogP contribution in [0.2, 0.25) is 0 Å². The van der Waals surface area contributed by atoms with Crippen molar-refractivity contribution in [2.75, 3.05) is 29.5 Å². The van der Waals surface area contributed by atoms with Crippen LogP contribution in [0.3, 0.4) is 0 Å². The molecule has 0 aromatic heterocycles. The normalized spacial score (nSPS) is 13.5. The monoisotopic (exact) mass is 366 g/mol. The topological polar surface area (TPSA) is 66.9 Å². The van der Waals surface area contributed by atoms with Crippen LogP contribution in [0.15, 0.2) is 54.6 Å². The van der Waals surface area contributed by atoms with E-state index in [0.717, 1.165) is 17.8 Å². The standard InChI is InChI=1S/C21H22N2O4/c1-2-22(17-7-4-3-5-8-17)20(25)15-27-21(26)16-10-12-18(13-11-16)23-14-6-9-19(23)24/h3-5,7-8,10-13H,2,6,9,14-15H2,1H3. The van der Waals surface area contributed by atoms with Gasteiger partial charge < -0.3 is 14.5 Å². The van der Waals surface area contributed by atoms with Crippen LogP contribution in [0.1, 0.15) is 30.1 Å². The van der Waals surface area contributed by atoms with Gasteiger partial charge in [-0.05, 0) is 49.7 Å². The number of para-hydroxylation sites is 1. The van der Waals surface area contributed by atoms with Gasteiger partial charge in [0.25, 0.3) is 5.91 Å². The molecular formula is C21H22N2O4. The summed E-state index contributed by atoms with van der Waals surface area (Å²) in [7, 11) is 0. The van der Waals surface area contributed by atoms with E-state index < -0.39 is 5.97 Å². The van der Waals surface area contributed by atoms with Gasteiger partial charge in [-0.25, -0.2) is 4.79 Å². The SMILES string of the molecule is CCN(C(=O)COC(=O)c1ccc(N2CCCC2=O)cc1)c1ccccc1. The number of hydrogen-bond donors (Lipinski definition) is 0. The average molecular weight is 366 g/mol. The highest BCUT2D eigenvalue weighted by molar-refractivity contribution is 5.98. The second-order valence-electron chi connectivity index (χ2n) is 6.25. The molecule has 0 unspecified atom stereocenters. The number of esters is 1. The maximum absolute atomic E-state index is 12.4. The first-order valence-corrected chi connectivity index (χ1v) is 9.03. The van der Waals surface area contributed by atoms with E-state index in [1.54, 1.807) is 34.1 Å². The van der Waals surface area contributed by atoms with Crippen molar-refractivity contribution in [3.63, 3.8) is 0 Å². The molecule has 2 amide bonds. The van der Waals surface area contributed by atoms with E-state index >= 15 is 0 Å². The molecule has 2 aromatic rings. The van der Waals surface area contributed by atoms with Gasteiger partial charge >= 0.3 is 5.97 Å². The molecule has 0 spiro atoms. The number of likely N-dealkylation sites (N-methyl/N-ethyl adjacent to an activating group) is 1. The summed E-state index contributed by atoms with van der Waals surface area (Å²) in [6.07, 6.45) is 1.40. The van der Waals surface area contributed by atoms with Crippen LogP contribution >= 0.6 is 0 Å². The van der Waals surface area contributed by atoms with Crippen molar-refractivity contribution in [1.82, 2.24) is 0 Å². The first-order valence-electron chi connectivity index (χ1n) is 9.03. The number of hydrogen-bond acceptors (Lipinski definition) is 4. The molecular weight excluding hydrogens is 344 g/mol. The van der Waals surface area contributed by atoms with Gasteiger partial charge in [-0.2, -0.15) is 0 Å². The molecule has 0 atom stereocenters. The fourth-order valence-electron chi connectivity index (χ4n) is 3.10. The minimum absolute atomic E-state index is 0.0940. The number of carbonyl (C=O) groups is 3. The molecule has 1 fully saturated rings. The molecule has 6 heteroatoms. The number of carbonyl (C=O) groups excluding carboxylic acids is 3. The van der Waals surface area contributed by atoms with E-state index in [1.165, 1.54) is 0 Å². The van der Waals surface area contributed by atoms with Gasteiger partial charge in [-0.15, -0.1) is 0 Å². The highest BCUT2D eigenvalue weighted by atomic mass is 16.5. The van der Waals surface area contributed by atoms with Crippen LogP contribution in [0, 0.1) is 0 Å². The van der Waals surface area contributed by atoms with Gasteiger partial charge in [0.2, 0.25) is 5.91 Å². The van der Waals surface area contributed by atoms with E-state index in [1.807, 2.05) is 37.3 Å². The molecule has 0 N–H and O–H groups in total. The molecule has 1 heterocycles. The largest absolute Gasteiger partial charge is 0.452 e. The van der Waals surface area contributed by atoms with Crippen molar-refractivity contribution in [3.05, 3.63) is 60.2 Å². The first kappa shape index (κ1) is 18.6. The molecule has 0 saturated carbocycles. The zero-order chi connectivity index (χ0) is 19.2. The van der Waals surface area contributed by atoms with Crippen LogP contribution in [0.4, 0.5) is 11.4 Å². The van der Waals surface area contributed by atoms with Gasteiger partial charge in [0.15, 0.2) is 6.61 Å². The lowest BCUT2D eigenvalue weighted by Gasteiger charge is -2.20. The summed E-state index contributed by atoms with van der Waals surface area (Å²) < 4.78 is 5.17. The first-order chi connectivity index (χ1) is 13.1. The predicted octanol–water partition coefficient (Wildman–Crippen LogP) is 3.02. The fraction of sp³-hybridized carbons (Fsp3) is 0.286. The van der Waals surface area contributed by atoms with Crippen LogP contribution in [0.5, 0.6) is 0 Å². The average Bonchev–Trinajstić information content (AvgIpc) is 3.13. The van der Waals surface area contributed by atoms with Gasteiger partial charge in [0.1, 0.15) is 0 Å². The zero-order valence-corrected chi connectivity index (χ0v) is 15.3. The number of rotatable bonds is 6. The molecule has 3 rings (SSSR count). The number of anilines is 2. The lowest BCUT2D eigenvalue weighted by atomic mass is 10.2. The Hall–Kier alpha value is -3.15. The number of benzene rings is 2. The summed E-state index contributed by atoms with van der Waals surface area (Å²) in [5.41, 5.74) is 1.88. The number of nitrogens with zero attached hydrogens (tertiary/aromatic N) is 2. The number of amides is 2. The highest BCUT2D eigenvalue weighted by Gasteiger charge is 2.22. The van der Waals surface area contributed by atoms with Crippen LogP contribution in [-0.4, -0.2) is 37.5 Å². The Morgan fingerprint density at radius 2 is 1.78 bits per heavy atom. The molecule has 2 aromatic carbocycles. The van der Waals surface area contributed by atoms with Crippen molar-refractivity contribution in [2.24, 2.45) is 0 Å². The van der Waals surface area contributed by atoms with E-state index in [9.17, 15) is 14.4 Å². The van der Waals surface area contributed by atoms with E-state index in [-0.39, 0.29) is 18.4 Å². The summed E-state index contributed by atoms with van der Waals surface area (Å²) in [6.45, 7) is 2.72. The Morgan fingerprint density at radius 3 is 2.37 bits per heavy atom. The van der Waals surface area contributed by atoms with Crippen molar-refractivity contribution in [2.45, 2.75) is 19.8 Å². The van der Waals surface area contributed by atoms with Gasteiger partial charge in [-0.3, -0.25) is 9.59 Å². The van der Waals surface area contributed by atoms with Crippen molar-refractivity contribution < 1.29 is 19.1 Å². The van der Waals surface area contributed by atoms with Crippen molar-refractivity contribution in [1.29, 1.82) is 0 Å². The fourth-order valence-corrected chi connectivity index (χ4v) is 3.10. The lowest BCUT2D eigenvalue weighted by molar-refractivity contribution is -0.121. The molecule has 1 aliphatic heterocycles. The maximum Gasteiger partial charge on any atom is 0.338 e. The molecule has 0 bridgehead atoms. The molecule has 6 nitrogen and oxygen atoms in total. The minimum Gasteiger partial charge on any atom is -0.452 e. The Bertz CT molecular complexity index is 818. The number of ether oxygens (including phenoxy) is 1. The van der Waals surface area contributed by atoms with Crippen molar-refractivity contribution in [3.8, 4) is 0 Å². The molecule has 140 valence electrons. The van der Waals surface area contributed by atoms with Gasteiger partial charge in [0, 0.05) is 30.9 Å². The Morgan fingerprint density at radius 1 is 1.07 bits per heavy atom. The third-order valence-corrected chi connectivity index (χ3v) is 4.50. The molecule has 0 radical (unpaired) electrons. The smallest absolute Gasteiger partial charge is 0.338 e. The summed E-state index contributed by atoms with van der Waals surface area (Å²) in [5, 5.41) is 0. The zero-order valence-electron chi connectivity index (χ0n) is 15.3. The summed E-state index contributed by atoms with van der Waals surface area (Å²) in [5.74, 6) is -0.750. The molecule has 27 heavy (non-hydrogen) atoms. The maximum atomic E-state index is 12.4. The summed E-state index contributed by atoms with van der Waals surface area (Å²) >= 11 is 0.